The Morgan fingerprint density at radius 3 is 3.00 bits per heavy atom. The van der Waals surface area contributed by atoms with Gasteiger partial charge in [-0.05, 0) is 18.8 Å². The molecule has 0 atom stereocenters. The van der Waals surface area contributed by atoms with Crippen molar-refractivity contribution in [3.8, 4) is 0 Å². The molecule has 2 heterocycles. The molecule has 8 nitrogen and oxygen atoms in total. The van der Waals surface area contributed by atoms with Gasteiger partial charge in [-0.15, -0.1) is 0 Å². The van der Waals surface area contributed by atoms with Gasteiger partial charge >= 0.3 is 0 Å². The van der Waals surface area contributed by atoms with Crippen LogP contribution in [0.25, 0.3) is 11.0 Å². The summed E-state index contributed by atoms with van der Waals surface area (Å²) >= 11 is 0. The fourth-order valence-electron chi connectivity index (χ4n) is 2.50. The second kappa shape index (κ2) is 4.63. The molecule has 0 radical (unpaired) electrons. The molecule has 0 amide bonds. The summed E-state index contributed by atoms with van der Waals surface area (Å²) in [4.78, 5) is 10.6. The number of nitrogens with one attached hydrogen (secondary N) is 2. The first-order valence-electron chi connectivity index (χ1n) is 6.24. The minimum Gasteiger partial charge on any atom is -0.393 e. The summed E-state index contributed by atoms with van der Waals surface area (Å²) < 4.78 is 0. The lowest BCUT2D eigenvalue weighted by atomic mass is 9.82. The zero-order valence-corrected chi connectivity index (χ0v) is 10.7. The number of aliphatic hydroxyl groups is 1. The summed E-state index contributed by atoms with van der Waals surface area (Å²) in [6, 6.07) is 0. The zero-order chi connectivity index (χ0) is 13.4. The number of aromatic nitrogens is 4. The largest absolute Gasteiger partial charge is 0.393 e. The molecule has 2 aromatic heterocycles. The Bertz CT molecular complexity index is 577. The molecule has 0 aliphatic heterocycles. The van der Waals surface area contributed by atoms with E-state index >= 15 is 0 Å². The van der Waals surface area contributed by atoms with Gasteiger partial charge < -0.3 is 10.0 Å². The maximum absolute atomic E-state index is 9.34. The SMILES string of the molecule is CN(CC1CC(O)C1)c1nc(NN)nc2[nH]ncc12. The molecule has 5 N–H and O–H groups in total. The molecular weight excluding hydrogens is 246 g/mol. The molecule has 102 valence electrons. The molecule has 2 aromatic rings. The van der Waals surface area contributed by atoms with Gasteiger partial charge in [0.15, 0.2) is 5.65 Å². The number of aliphatic hydroxyl groups excluding tert-OH is 1. The third-order valence-electron chi connectivity index (χ3n) is 3.52. The standard InChI is InChI=1S/C11H17N7O/c1-18(5-6-2-7(19)3-6)10-8-4-13-17-9(8)14-11(15-10)16-12/h4,6-7,19H,2-3,5,12H2,1H3,(H2,13,14,15,16,17). The average Bonchev–Trinajstić information content (AvgIpc) is 2.83. The molecule has 3 rings (SSSR count). The third-order valence-corrected chi connectivity index (χ3v) is 3.52. The topological polar surface area (TPSA) is 116 Å². The van der Waals surface area contributed by atoms with Gasteiger partial charge in [0.25, 0.3) is 0 Å². The number of nitrogens with two attached hydrogens (primary N) is 1. The van der Waals surface area contributed by atoms with Crippen molar-refractivity contribution in [2.24, 2.45) is 11.8 Å². The molecule has 0 bridgehead atoms. The van der Waals surface area contributed by atoms with Crippen LogP contribution < -0.4 is 16.2 Å². The third kappa shape index (κ3) is 2.20. The van der Waals surface area contributed by atoms with Crippen molar-refractivity contribution in [2.75, 3.05) is 23.9 Å². The van der Waals surface area contributed by atoms with E-state index in [2.05, 4.69) is 30.5 Å². The van der Waals surface area contributed by atoms with Crippen LogP contribution in [0, 0.1) is 5.92 Å². The molecule has 0 spiro atoms. The second-order valence-corrected chi connectivity index (χ2v) is 5.02. The van der Waals surface area contributed by atoms with E-state index in [4.69, 9.17) is 5.84 Å². The van der Waals surface area contributed by atoms with Gasteiger partial charge in [-0.1, -0.05) is 0 Å². The Balaban J connectivity index is 1.87. The Morgan fingerprint density at radius 2 is 2.32 bits per heavy atom. The maximum Gasteiger partial charge on any atom is 0.241 e. The quantitative estimate of drug-likeness (QED) is 0.447. The van der Waals surface area contributed by atoms with E-state index in [1.807, 2.05) is 7.05 Å². The molecule has 1 fully saturated rings. The molecule has 19 heavy (non-hydrogen) atoms. The van der Waals surface area contributed by atoms with E-state index in [1.165, 1.54) is 0 Å². The van der Waals surface area contributed by atoms with E-state index in [0.29, 0.717) is 17.5 Å². The van der Waals surface area contributed by atoms with E-state index in [1.54, 1.807) is 6.20 Å². The van der Waals surface area contributed by atoms with Gasteiger partial charge in [0.05, 0.1) is 17.7 Å². The van der Waals surface area contributed by atoms with E-state index < -0.39 is 0 Å². The monoisotopic (exact) mass is 263 g/mol. The van der Waals surface area contributed by atoms with Crippen LogP contribution in [0.4, 0.5) is 11.8 Å². The fraction of sp³-hybridized carbons (Fsp3) is 0.545. The summed E-state index contributed by atoms with van der Waals surface area (Å²) in [7, 11) is 1.97. The van der Waals surface area contributed by atoms with E-state index in [0.717, 1.165) is 30.6 Å². The highest BCUT2D eigenvalue weighted by Gasteiger charge is 2.28. The van der Waals surface area contributed by atoms with E-state index in [9.17, 15) is 5.11 Å². The molecule has 0 aromatic carbocycles. The Hall–Kier alpha value is -1.93. The van der Waals surface area contributed by atoms with Gasteiger partial charge in [-0.3, -0.25) is 10.5 Å². The normalized spacial score (nSPS) is 22.3. The lowest BCUT2D eigenvalue weighted by molar-refractivity contribution is 0.0464. The summed E-state index contributed by atoms with van der Waals surface area (Å²) in [6.07, 6.45) is 3.27. The molecule has 1 aliphatic carbocycles. The van der Waals surface area contributed by atoms with Gasteiger partial charge in [0, 0.05) is 13.6 Å². The van der Waals surface area contributed by atoms with Crippen molar-refractivity contribution >= 4 is 22.8 Å². The predicted molar refractivity (Wildman–Crippen MR) is 71.5 cm³/mol. The number of nitrogens with zero attached hydrogens (tertiary/aromatic N) is 4. The van der Waals surface area contributed by atoms with Crippen LogP contribution in [-0.4, -0.2) is 45.0 Å². The highest BCUT2D eigenvalue weighted by atomic mass is 16.3. The van der Waals surface area contributed by atoms with Gasteiger partial charge in [0.2, 0.25) is 5.95 Å². The number of H-pyrrole nitrogens is 1. The number of rotatable bonds is 4. The van der Waals surface area contributed by atoms with Gasteiger partial charge in [-0.2, -0.15) is 15.1 Å². The maximum atomic E-state index is 9.34. The minimum absolute atomic E-state index is 0.140. The smallest absolute Gasteiger partial charge is 0.241 e. The van der Waals surface area contributed by atoms with Crippen molar-refractivity contribution in [1.82, 2.24) is 20.2 Å². The Morgan fingerprint density at radius 1 is 1.53 bits per heavy atom. The molecule has 8 heteroatoms. The number of hydrazine groups is 1. The molecule has 0 saturated heterocycles. The van der Waals surface area contributed by atoms with E-state index in [-0.39, 0.29) is 6.10 Å². The number of aromatic amines is 1. The fourth-order valence-corrected chi connectivity index (χ4v) is 2.50. The predicted octanol–water partition coefficient (Wildman–Crippen LogP) is -0.154. The number of fused-ring (bicyclic) bond motifs is 1. The number of anilines is 2. The van der Waals surface area contributed by atoms with Crippen LogP contribution in [-0.2, 0) is 0 Å². The molecule has 0 unspecified atom stereocenters. The van der Waals surface area contributed by atoms with Crippen LogP contribution in [0.3, 0.4) is 0 Å². The molecule has 1 aliphatic rings. The van der Waals surface area contributed by atoms with Crippen molar-refractivity contribution in [1.29, 1.82) is 0 Å². The van der Waals surface area contributed by atoms with Crippen LogP contribution in [0.5, 0.6) is 0 Å². The highest BCUT2D eigenvalue weighted by Crippen LogP contribution is 2.30. The minimum atomic E-state index is -0.140. The molecular formula is C11H17N7O. The first-order valence-corrected chi connectivity index (χ1v) is 6.24. The van der Waals surface area contributed by atoms with Crippen molar-refractivity contribution in [3.05, 3.63) is 6.20 Å². The van der Waals surface area contributed by atoms with Gasteiger partial charge in [0.1, 0.15) is 5.82 Å². The van der Waals surface area contributed by atoms with Crippen molar-refractivity contribution in [2.45, 2.75) is 18.9 Å². The summed E-state index contributed by atoms with van der Waals surface area (Å²) in [5.74, 6) is 7.02. The average molecular weight is 263 g/mol. The first-order chi connectivity index (χ1) is 9.17. The summed E-state index contributed by atoms with van der Waals surface area (Å²) in [5.41, 5.74) is 3.11. The first kappa shape index (κ1) is 12.1. The van der Waals surface area contributed by atoms with Gasteiger partial charge in [-0.25, -0.2) is 5.84 Å². The highest BCUT2D eigenvalue weighted by molar-refractivity contribution is 5.87. The second-order valence-electron chi connectivity index (χ2n) is 5.02. The summed E-state index contributed by atoms with van der Waals surface area (Å²) in [5, 5.41) is 17.0. The Kier molecular flexibility index (Phi) is 2.96. The zero-order valence-electron chi connectivity index (χ0n) is 10.7. The number of nitrogen functional groups attached to an aromatic ring is 1. The number of hydrogen-bond acceptors (Lipinski definition) is 7. The lowest BCUT2D eigenvalue weighted by Crippen LogP contribution is -2.37. The number of hydrogen-bond donors (Lipinski definition) is 4. The van der Waals surface area contributed by atoms with Crippen molar-refractivity contribution < 1.29 is 5.11 Å². The molecule has 1 saturated carbocycles. The van der Waals surface area contributed by atoms with Crippen LogP contribution >= 0.6 is 0 Å². The van der Waals surface area contributed by atoms with Crippen LogP contribution in [0.15, 0.2) is 6.20 Å². The summed E-state index contributed by atoms with van der Waals surface area (Å²) in [6.45, 7) is 0.846. The van der Waals surface area contributed by atoms with Crippen molar-refractivity contribution in [3.63, 3.8) is 0 Å². The lowest BCUT2D eigenvalue weighted by Gasteiger charge is -2.34. The van der Waals surface area contributed by atoms with Crippen LogP contribution in [0.1, 0.15) is 12.8 Å². The Labute approximate surface area is 110 Å². The van der Waals surface area contributed by atoms with Crippen LogP contribution in [0.2, 0.25) is 0 Å².